The number of carbonyl (C=O) groups excluding carboxylic acids is 2. The van der Waals surface area contributed by atoms with Crippen LogP contribution in [0.3, 0.4) is 0 Å². The number of rotatable bonds is 6. The first-order chi connectivity index (χ1) is 14.1. The molecule has 7 heteroatoms. The molecule has 4 rings (SSSR count). The van der Waals surface area contributed by atoms with Crippen LogP contribution in [0.15, 0.2) is 42.9 Å². The number of aromatic nitrogens is 2. The van der Waals surface area contributed by atoms with E-state index >= 15 is 0 Å². The molecule has 152 valence electrons. The molecule has 1 aromatic carbocycles. The molecule has 0 bridgehead atoms. The highest BCUT2D eigenvalue weighted by Gasteiger charge is 2.29. The molecule has 2 amide bonds. The van der Waals surface area contributed by atoms with E-state index in [0.717, 1.165) is 55.8 Å². The highest BCUT2D eigenvalue weighted by molar-refractivity contribution is 5.94. The first-order valence-corrected chi connectivity index (χ1v) is 10.3. The molecule has 1 saturated heterocycles. The van der Waals surface area contributed by atoms with Crippen LogP contribution in [0, 0.1) is 11.8 Å². The van der Waals surface area contributed by atoms with Gasteiger partial charge in [0.25, 0.3) is 0 Å². The van der Waals surface area contributed by atoms with Crippen LogP contribution < -0.4 is 15.5 Å². The van der Waals surface area contributed by atoms with Crippen LogP contribution in [0.5, 0.6) is 0 Å². The quantitative estimate of drug-likeness (QED) is 0.788. The van der Waals surface area contributed by atoms with Crippen LogP contribution in [0.25, 0.3) is 0 Å². The van der Waals surface area contributed by atoms with Crippen LogP contribution in [0.2, 0.25) is 0 Å². The van der Waals surface area contributed by atoms with Gasteiger partial charge in [0.1, 0.15) is 5.82 Å². The van der Waals surface area contributed by atoms with E-state index in [9.17, 15) is 9.59 Å². The zero-order chi connectivity index (χ0) is 20.2. The van der Waals surface area contributed by atoms with Gasteiger partial charge in [-0.1, -0.05) is 12.1 Å². The lowest BCUT2D eigenvalue weighted by molar-refractivity contribution is -0.126. The Balaban J connectivity index is 1.26. The summed E-state index contributed by atoms with van der Waals surface area (Å²) in [7, 11) is 0. The van der Waals surface area contributed by atoms with Crippen molar-refractivity contribution in [3.63, 3.8) is 0 Å². The minimum atomic E-state index is -0.0753. The molecule has 2 fully saturated rings. The van der Waals surface area contributed by atoms with Crippen molar-refractivity contribution in [2.75, 3.05) is 23.3 Å². The van der Waals surface area contributed by atoms with Gasteiger partial charge in [-0.25, -0.2) is 4.98 Å². The van der Waals surface area contributed by atoms with E-state index in [1.54, 1.807) is 18.6 Å². The molecule has 1 unspecified atom stereocenters. The average molecular weight is 393 g/mol. The number of hydrogen-bond donors (Lipinski definition) is 2. The maximum atomic E-state index is 12.7. The second-order valence-electron chi connectivity index (χ2n) is 7.94. The zero-order valence-corrected chi connectivity index (χ0v) is 16.7. The van der Waals surface area contributed by atoms with Gasteiger partial charge >= 0.3 is 0 Å². The average Bonchev–Trinajstić information content (AvgIpc) is 3.60. The number of nitrogens with zero attached hydrogens (tertiary/aromatic N) is 3. The van der Waals surface area contributed by atoms with Gasteiger partial charge < -0.3 is 15.5 Å². The van der Waals surface area contributed by atoms with Gasteiger partial charge in [-0.15, -0.1) is 0 Å². The Kier molecular flexibility index (Phi) is 5.74. The standard InChI is InChI=1S/C22H27N5O2/c1-15(16-4-6-19(7-5-16)26-22(29)17-2-3-17)25-21(28)18-8-12-27(13-9-18)20-14-23-10-11-24-20/h4-7,10-11,14-15,17-18H,2-3,8-9,12-13H2,1H3,(H,25,28)(H,26,29). The molecule has 1 saturated carbocycles. The number of piperidine rings is 1. The summed E-state index contributed by atoms with van der Waals surface area (Å²) in [5, 5.41) is 6.08. The number of amides is 2. The molecule has 7 nitrogen and oxygen atoms in total. The molecule has 2 aliphatic rings. The fourth-order valence-corrected chi connectivity index (χ4v) is 3.68. The van der Waals surface area contributed by atoms with Gasteiger partial charge in [0.05, 0.1) is 12.2 Å². The van der Waals surface area contributed by atoms with E-state index in [0.29, 0.717) is 0 Å². The van der Waals surface area contributed by atoms with E-state index in [1.165, 1.54) is 0 Å². The molecular weight excluding hydrogens is 366 g/mol. The summed E-state index contributed by atoms with van der Waals surface area (Å²) in [5.74, 6) is 1.28. The summed E-state index contributed by atoms with van der Waals surface area (Å²) in [6, 6.07) is 7.65. The first kappa shape index (κ1) is 19.4. The van der Waals surface area contributed by atoms with Gasteiger partial charge in [0.2, 0.25) is 11.8 Å². The Morgan fingerprint density at radius 2 is 1.69 bits per heavy atom. The van der Waals surface area contributed by atoms with Crippen LogP contribution in [-0.4, -0.2) is 34.9 Å². The highest BCUT2D eigenvalue weighted by atomic mass is 16.2. The number of carbonyl (C=O) groups is 2. The second-order valence-corrected chi connectivity index (χ2v) is 7.94. The summed E-state index contributed by atoms with van der Waals surface area (Å²) in [5.41, 5.74) is 1.83. The molecule has 1 aliphatic heterocycles. The van der Waals surface area contributed by atoms with Crippen molar-refractivity contribution in [2.45, 2.75) is 38.6 Å². The first-order valence-electron chi connectivity index (χ1n) is 10.3. The second kappa shape index (κ2) is 8.59. The van der Waals surface area contributed by atoms with Crippen LogP contribution in [0.4, 0.5) is 11.5 Å². The predicted molar refractivity (Wildman–Crippen MR) is 111 cm³/mol. The number of hydrogen-bond acceptors (Lipinski definition) is 5. The van der Waals surface area contributed by atoms with Crippen molar-refractivity contribution in [1.29, 1.82) is 0 Å². The van der Waals surface area contributed by atoms with Crippen molar-refractivity contribution in [1.82, 2.24) is 15.3 Å². The fraction of sp³-hybridized carbons (Fsp3) is 0.455. The van der Waals surface area contributed by atoms with Crippen molar-refractivity contribution < 1.29 is 9.59 Å². The monoisotopic (exact) mass is 393 g/mol. The van der Waals surface area contributed by atoms with Crippen LogP contribution >= 0.6 is 0 Å². The molecular formula is C22H27N5O2. The SMILES string of the molecule is CC(NC(=O)C1CCN(c2cnccn2)CC1)c1ccc(NC(=O)C2CC2)cc1. The summed E-state index contributed by atoms with van der Waals surface area (Å²) >= 11 is 0. The third kappa shape index (κ3) is 4.91. The minimum Gasteiger partial charge on any atom is -0.355 e. The van der Waals surface area contributed by atoms with Gasteiger partial charge in [-0.05, 0) is 50.3 Å². The molecule has 2 aromatic rings. The van der Waals surface area contributed by atoms with E-state index in [4.69, 9.17) is 0 Å². The summed E-state index contributed by atoms with van der Waals surface area (Å²) in [6.45, 7) is 3.60. The van der Waals surface area contributed by atoms with Crippen molar-refractivity contribution in [3.8, 4) is 0 Å². The predicted octanol–water partition coefficient (Wildman–Crippen LogP) is 2.92. The number of nitrogens with one attached hydrogen (secondary N) is 2. The molecule has 0 spiro atoms. The highest BCUT2D eigenvalue weighted by Crippen LogP contribution is 2.30. The van der Waals surface area contributed by atoms with Gasteiger partial charge in [0, 0.05) is 43.0 Å². The van der Waals surface area contributed by atoms with E-state index < -0.39 is 0 Å². The van der Waals surface area contributed by atoms with Crippen molar-refractivity contribution in [2.24, 2.45) is 11.8 Å². The van der Waals surface area contributed by atoms with Gasteiger partial charge in [-0.2, -0.15) is 0 Å². The van der Waals surface area contributed by atoms with E-state index in [1.807, 2.05) is 31.2 Å². The van der Waals surface area contributed by atoms with E-state index in [2.05, 4.69) is 25.5 Å². The number of benzene rings is 1. The van der Waals surface area contributed by atoms with Crippen molar-refractivity contribution >= 4 is 23.3 Å². The lowest BCUT2D eigenvalue weighted by Gasteiger charge is -2.32. The lowest BCUT2D eigenvalue weighted by Crippen LogP contribution is -2.41. The summed E-state index contributed by atoms with van der Waals surface area (Å²) < 4.78 is 0. The van der Waals surface area contributed by atoms with Gasteiger partial charge in [0.15, 0.2) is 0 Å². The maximum Gasteiger partial charge on any atom is 0.227 e. The molecule has 29 heavy (non-hydrogen) atoms. The number of anilines is 2. The molecule has 2 heterocycles. The normalized spacial score (nSPS) is 18.2. The molecule has 1 aromatic heterocycles. The van der Waals surface area contributed by atoms with Crippen LogP contribution in [-0.2, 0) is 9.59 Å². The van der Waals surface area contributed by atoms with Crippen molar-refractivity contribution in [3.05, 3.63) is 48.4 Å². The topological polar surface area (TPSA) is 87.2 Å². The van der Waals surface area contributed by atoms with E-state index in [-0.39, 0.29) is 29.7 Å². The Hall–Kier alpha value is -2.96. The minimum absolute atomic E-state index is 0.0162. The Bertz CT molecular complexity index is 843. The third-order valence-electron chi connectivity index (χ3n) is 5.72. The Morgan fingerprint density at radius 1 is 1.00 bits per heavy atom. The molecule has 1 atom stereocenters. The largest absolute Gasteiger partial charge is 0.355 e. The lowest BCUT2D eigenvalue weighted by atomic mass is 9.95. The smallest absolute Gasteiger partial charge is 0.227 e. The molecule has 2 N–H and O–H groups in total. The Labute approximate surface area is 170 Å². The van der Waals surface area contributed by atoms with Gasteiger partial charge in [-0.3, -0.25) is 14.6 Å². The Morgan fingerprint density at radius 3 is 2.31 bits per heavy atom. The summed E-state index contributed by atoms with van der Waals surface area (Å²) in [4.78, 5) is 35.2. The summed E-state index contributed by atoms with van der Waals surface area (Å²) in [6.07, 6.45) is 8.72. The molecule has 1 aliphatic carbocycles. The maximum absolute atomic E-state index is 12.7. The molecule has 0 radical (unpaired) electrons. The van der Waals surface area contributed by atoms with Crippen LogP contribution in [0.1, 0.15) is 44.2 Å². The fourth-order valence-electron chi connectivity index (χ4n) is 3.68. The zero-order valence-electron chi connectivity index (χ0n) is 16.7. The third-order valence-corrected chi connectivity index (χ3v) is 5.72.